The zero-order chi connectivity index (χ0) is 17.3. The Kier molecular flexibility index (Phi) is 4.71. The fraction of sp³-hybridized carbons (Fsp3) is 0.263. The van der Waals surface area contributed by atoms with Gasteiger partial charge in [0.05, 0.1) is 17.8 Å². The highest BCUT2D eigenvalue weighted by Crippen LogP contribution is 2.38. The summed E-state index contributed by atoms with van der Waals surface area (Å²) in [7, 11) is 0. The Labute approximate surface area is 150 Å². The van der Waals surface area contributed by atoms with Crippen LogP contribution < -0.4 is 10.2 Å². The van der Waals surface area contributed by atoms with Gasteiger partial charge in [0.1, 0.15) is 0 Å². The molecule has 24 heavy (non-hydrogen) atoms. The van der Waals surface area contributed by atoms with E-state index in [1.54, 1.807) is 4.90 Å². The van der Waals surface area contributed by atoms with Gasteiger partial charge in [0, 0.05) is 17.9 Å². The molecule has 0 fully saturated rings. The summed E-state index contributed by atoms with van der Waals surface area (Å²) in [5.74, 6) is -0.0958. The van der Waals surface area contributed by atoms with Crippen LogP contribution >= 0.6 is 15.9 Å². The molecule has 0 unspecified atom stereocenters. The van der Waals surface area contributed by atoms with Crippen molar-refractivity contribution in [2.75, 3.05) is 16.8 Å². The van der Waals surface area contributed by atoms with E-state index in [0.717, 1.165) is 33.3 Å². The molecule has 0 saturated heterocycles. The summed E-state index contributed by atoms with van der Waals surface area (Å²) < 4.78 is 0.901. The lowest BCUT2D eigenvalue weighted by atomic mass is 10.1. The SMILES string of the molecule is CC(=O)Nc1cc(Br)cc2c1N(C(=O)Cc1cccc(C)c1)CC2. The van der Waals surface area contributed by atoms with Crippen LogP contribution in [0.2, 0.25) is 0 Å². The highest BCUT2D eigenvalue weighted by Gasteiger charge is 2.28. The van der Waals surface area contributed by atoms with E-state index in [-0.39, 0.29) is 11.8 Å². The van der Waals surface area contributed by atoms with Crippen LogP contribution in [0.15, 0.2) is 40.9 Å². The maximum absolute atomic E-state index is 12.8. The number of benzene rings is 2. The monoisotopic (exact) mass is 386 g/mol. The first-order valence-corrected chi connectivity index (χ1v) is 8.69. The first-order chi connectivity index (χ1) is 11.4. The van der Waals surface area contributed by atoms with Crippen molar-refractivity contribution < 1.29 is 9.59 Å². The molecule has 2 amide bonds. The molecule has 0 spiro atoms. The summed E-state index contributed by atoms with van der Waals surface area (Å²) in [6.07, 6.45) is 1.15. The lowest BCUT2D eigenvalue weighted by Gasteiger charge is -2.21. The minimum Gasteiger partial charge on any atom is -0.324 e. The molecule has 1 N–H and O–H groups in total. The predicted octanol–water partition coefficient (Wildman–Crippen LogP) is 3.85. The molecule has 1 aliphatic heterocycles. The van der Waals surface area contributed by atoms with Crippen molar-refractivity contribution in [3.63, 3.8) is 0 Å². The number of anilines is 2. The molecule has 4 nitrogen and oxygen atoms in total. The van der Waals surface area contributed by atoms with E-state index in [9.17, 15) is 9.59 Å². The summed E-state index contributed by atoms with van der Waals surface area (Å²) >= 11 is 3.47. The smallest absolute Gasteiger partial charge is 0.231 e. The number of carbonyl (C=O) groups excluding carboxylic acids is 2. The molecule has 2 aromatic carbocycles. The van der Waals surface area contributed by atoms with Gasteiger partial charge in [-0.15, -0.1) is 0 Å². The molecule has 0 atom stereocenters. The van der Waals surface area contributed by atoms with Crippen molar-refractivity contribution in [2.24, 2.45) is 0 Å². The molecule has 0 radical (unpaired) electrons. The van der Waals surface area contributed by atoms with E-state index < -0.39 is 0 Å². The number of amides is 2. The van der Waals surface area contributed by atoms with Crippen LogP contribution in [0.25, 0.3) is 0 Å². The van der Waals surface area contributed by atoms with Crippen molar-refractivity contribution in [2.45, 2.75) is 26.7 Å². The third-order valence-electron chi connectivity index (χ3n) is 4.08. The van der Waals surface area contributed by atoms with E-state index in [4.69, 9.17) is 0 Å². The summed E-state index contributed by atoms with van der Waals surface area (Å²) in [6, 6.07) is 11.9. The standard InChI is InChI=1S/C19H19BrN2O2/c1-12-4-3-5-14(8-12)9-18(24)22-7-6-15-10-16(20)11-17(19(15)22)21-13(2)23/h3-5,8,10-11H,6-7,9H2,1-2H3,(H,21,23). The number of hydrogen-bond acceptors (Lipinski definition) is 2. The van der Waals surface area contributed by atoms with Crippen LogP contribution in [0.4, 0.5) is 11.4 Å². The molecule has 0 aromatic heterocycles. The van der Waals surface area contributed by atoms with Gasteiger partial charge in [-0.1, -0.05) is 45.8 Å². The Hall–Kier alpha value is -2.14. The van der Waals surface area contributed by atoms with Gasteiger partial charge >= 0.3 is 0 Å². The number of hydrogen-bond donors (Lipinski definition) is 1. The summed E-state index contributed by atoms with van der Waals surface area (Å²) in [5, 5.41) is 2.84. The van der Waals surface area contributed by atoms with Crippen LogP contribution in [0, 0.1) is 6.92 Å². The Morgan fingerprint density at radius 2 is 2.04 bits per heavy atom. The lowest BCUT2D eigenvalue weighted by molar-refractivity contribution is -0.118. The van der Waals surface area contributed by atoms with E-state index >= 15 is 0 Å². The molecule has 1 aliphatic rings. The van der Waals surface area contributed by atoms with Gasteiger partial charge in [-0.2, -0.15) is 0 Å². The molecule has 2 aromatic rings. The van der Waals surface area contributed by atoms with Gasteiger partial charge in [-0.25, -0.2) is 0 Å². The second-order valence-corrected chi connectivity index (χ2v) is 7.02. The maximum atomic E-state index is 12.8. The number of nitrogens with zero attached hydrogens (tertiary/aromatic N) is 1. The number of carbonyl (C=O) groups is 2. The van der Waals surface area contributed by atoms with Gasteiger partial charge < -0.3 is 10.2 Å². The number of fused-ring (bicyclic) bond motifs is 1. The van der Waals surface area contributed by atoms with Gasteiger partial charge in [-0.3, -0.25) is 9.59 Å². The third-order valence-corrected chi connectivity index (χ3v) is 4.54. The summed E-state index contributed by atoms with van der Waals surface area (Å²) in [4.78, 5) is 26.1. The van der Waals surface area contributed by atoms with Gasteiger partial charge in [0.15, 0.2) is 0 Å². The molecule has 0 bridgehead atoms. The van der Waals surface area contributed by atoms with E-state index in [1.807, 2.05) is 43.3 Å². The quantitative estimate of drug-likeness (QED) is 0.870. The van der Waals surface area contributed by atoms with E-state index in [1.165, 1.54) is 6.92 Å². The zero-order valence-corrected chi connectivity index (χ0v) is 15.3. The van der Waals surface area contributed by atoms with Crippen molar-refractivity contribution >= 4 is 39.1 Å². The largest absolute Gasteiger partial charge is 0.324 e. The fourth-order valence-corrected chi connectivity index (χ4v) is 3.64. The normalized spacial score (nSPS) is 12.9. The van der Waals surface area contributed by atoms with Crippen LogP contribution in [0.3, 0.4) is 0 Å². The molecule has 124 valence electrons. The lowest BCUT2D eigenvalue weighted by Crippen LogP contribution is -2.31. The zero-order valence-electron chi connectivity index (χ0n) is 13.7. The highest BCUT2D eigenvalue weighted by molar-refractivity contribution is 9.10. The molecule has 0 aliphatic carbocycles. The molecule has 0 saturated carbocycles. The average Bonchev–Trinajstić information content (AvgIpc) is 2.90. The second-order valence-electron chi connectivity index (χ2n) is 6.10. The van der Waals surface area contributed by atoms with Crippen LogP contribution in [-0.4, -0.2) is 18.4 Å². The van der Waals surface area contributed by atoms with Gasteiger partial charge in [-0.05, 0) is 36.6 Å². The third kappa shape index (κ3) is 3.51. The van der Waals surface area contributed by atoms with Crippen molar-refractivity contribution in [3.8, 4) is 0 Å². The van der Waals surface area contributed by atoms with Crippen molar-refractivity contribution in [1.82, 2.24) is 0 Å². The van der Waals surface area contributed by atoms with Crippen molar-refractivity contribution in [1.29, 1.82) is 0 Å². The van der Waals surface area contributed by atoms with Crippen LogP contribution in [0.1, 0.15) is 23.6 Å². The Morgan fingerprint density at radius 3 is 2.75 bits per heavy atom. The van der Waals surface area contributed by atoms with Gasteiger partial charge in [0.25, 0.3) is 0 Å². The Morgan fingerprint density at radius 1 is 1.25 bits per heavy atom. The predicted molar refractivity (Wildman–Crippen MR) is 99.4 cm³/mol. The maximum Gasteiger partial charge on any atom is 0.231 e. The number of rotatable bonds is 3. The van der Waals surface area contributed by atoms with E-state index in [2.05, 4.69) is 21.2 Å². The molecule has 5 heteroatoms. The first kappa shape index (κ1) is 16.7. The number of halogens is 1. The average molecular weight is 387 g/mol. The number of nitrogens with one attached hydrogen (secondary N) is 1. The first-order valence-electron chi connectivity index (χ1n) is 7.90. The Bertz CT molecular complexity index is 817. The minimum atomic E-state index is -0.145. The number of aryl methyl sites for hydroxylation is 1. The van der Waals surface area contributed by atoms with Gasteiger partial charge in [0.2, 0.25) is 11.8 Å². The Balaban J connectivity index is 1.90. The van der Waals surface area contributed by atoms with Crippen molar-refractivity contribution in [3.05, 3.63) is 57.6 Å². The molecular weight excluding hydrogens is 368 g/mol. The van der Waals surface area contributed by atoms with E-state index in [0.29, 0.717) is 18.7 Å². The minimum absolute atomic E-state index is 0.0493. The topological polar surface area (TPSA) is 49.4 Å². The molecule has 3 rings (SSSR count). The molecular formula is C19H19BrN2O2. The van der Waals surface area contributed by atoms with Crippen LogP contribution in [-0.2, 0) is 22.4 Å². The summed E-state index contributed by atoms with van der Waals surface area (Å²) in [6.45, 7) is 4.13. The second kappa shape index (κ2) is 6.77. The highest BCUT2D eigenvalue weighted by atomic mass is 79.9. The molecule has 1 heterocycles. The summed E-state index contributed by atoms with van der Waals surface area (Å²) in [5.41, 5.74) is 4.73. The fourth-order valence-electron chi connectivity index (χ4n) is 3.14. The van der Waals surface area contributed by atoms with Crippen LogP contribution in [0.5, 0.6) is 0 Å².